The maximum absolute atomic E-state index is 11.4. The van der Waals surface area contributed by atoms with Gasteiger partial charge in [0, 0.05) is 16.0 Å². The van der Waals surface area contributed by atoms with Gasteiger partial charge in [-0.3, -0.25) is 4.57 Å². The first-order valence-electron chi connectivity index (χ1n) is 5.92. The second-order valence-electron chi connectivity index (χ2n) is 4.44. The van der Waals surface area contributed by atoms with E-state index < -0.39 is 13.5 Å². The molecule has 0 spiro atoms. The van der Waals surface area contributed by atoms with Gasteiger partial charge in [0.15, 0.2) is 0 Å². The zero-order chi connectivity index (χ0) is 14.8. The van der Waals surface area contributed by atoms with Crippen molar-refractivity contribution in [3.8, 4) is 0 Å². The summed E-state index contributed by atoms with van der Waals surface area (Å²) in [7, 11) is -4.21. The van der Waals surface area contributed by atoms with Crippen LogP contribution in [0.25, 0.3) is 0 Å². The van der Waals surface area contributed by atoms with E-state index in [-0.39, 0.29) is 6.16 Å². The minimum Gasteiger partial charge on any atom is -0.324 e. The smallest absolute Gasteiger partial charge is 0.324 e. The van der Waals surface area contributed by atoms with E-state index in [1.165, 1.54) is 0 Å². The van der Waals surface area contributed by atoms with E-state index in [1.807, 2.05) is 0 Å². The highest BCUT2D eigenvalue weighted by Gasteiger charge is 2.27. The first kappa shape index (κ1) is 15.6. The highest BCUT2D eigenvalue weighted by molar-refractivity contribution is 7.51. The number of rotatable bonds is 4. The van der Waals surface area contributed by atoms with Gasteiger partial charge in [0.1, 0.15) is 0 Å². The molecule has 0 amide bonds. The number of hydrogen-bond donors (Lipinski definition) is 2. The molecule has 2 aromatic carbocycles. The van der Waals surface area contributed by atoms with E-state index in [9.17, 15) is 14.4 Å². The fraction of sp³-hybridized carbons (Fsp3) is 0.143. The molecule has 0 bridgehead atoms. The van der Waals surface area contributed by atoms with Gasteiger partial charge in [0.25, 0.3) is 0 Å². The zero-order valence-electron chi connectivity index (χ0n) is 10.4. The lowest BCUT2D eigenvalue weighted by molar-refractivity contribution is 0.371. The van der Waals surface area contributed by atoms with Crippen LogP contribution in [-0.2, 0) is 4.57 Å². The van der Waals surface area contributed by atoms with Crippen molar-refractivity contribution in [2.24, 2.45) is 0 Å². The first-order valence-corrected chi connectivity index (χ1v) is 8.47. The highest BCUT2D eigenvalue weighted by Crippen LogP contribution is 2.45. The van der Waals surface area contributed by atoms with Crippen LogP contribution in [0.3, 0.4) is 0 Å². The van der Waals surface area contributed by atoms with Crippen LogP contribution in [0.1, 0.15) is 17.0 Å². The number of halogens is 2. The largest absolute Gasteiger partial charge is 0.326 e. The van der Waals surface area contributed by atoms with Crippen LogP contribution in [0, 0.1) is 0 Å². The molecule has 6 heteroatoms. The lowest BCUT2D eigenvalue weighted by Gasteiger charge is -2.20. The van der Waals surface area contributed by atoms with Crippen molar-refractivity contribution in [3.63, 3.8) is 0 Å². The molecule has 0 unspecified atom stereocenters. The summed E-state index contributed by atoms with van der Waals surface area (Å²) in [5.74, 6) is -0.543. The Labute approximate surface area is 127 Å². The minimum absolute atomic E-state index is 0.333. The number of hydrogen-bond acceptors (Lipinski definition) is 1. The van der Waals surface area contributed by atoms with Gasteiger partial charge in [-0.05, 0) is 23.3 Å². The van der Waals surface area contributed by atoms with E-state index in [2.05, 4.69) is 0 Å². The van der Waals surface area contributed by atoms with E-state index in [0.29, 0.717) is 21.2 Å². The Morgan fingerprint density at radius 2 is 1.30 bits per heavy atom. The summed E-state index contributed by atoms with van der Waals surface area (Å²) in [6.07, 6.45) is -0.333. The molecule has 0 aliphatic rings. The Balaban J connectivity index is 2.54. The van der Waals surface area contributed by atoms with Crippen LogP contribution in [0.4, 0.5) is 0 Å². The summed E-state index contributed by atoms with van der Waals surface area (Å²) >= 11 is 12.3. The van der Waals surface area contributed by atoms with E-state index in [1.54, 1.807) is 48.5 Å². The molecule has 0 radical (unpaired) electrons. The summed E-state index contributed by atoms with van der Waals surface area (Å²) in [6, 6.07) is 14.0. The maximum Gasteiger partial charge on any atom is 0.326 e. The Morgan fingerprint density at radius 1 is 0.900 bits per heavy atom. The van der Waals surface area contributed by atoms with E-state index in [4.69, 9.17) is 23.2 Å². The molecule has 0 aliphatic heterocycles. The van der Waals surface area contributed by atoms with Gasteiger partial charge in [0.05, 0.1) is 6.16 Å². The fourth-order valence-corrected chi connectivity index (χ4v) is 3.52. The fourth-order valence-electron chi connectivity index (χ4n) is 2.12. The van der Waals surface area contributed by atoms with Crippen molar-refractivity contribution in [3.05, 3.63) is 69.7 Å². The molecule has 0 saturated heterocycles. The van der Waals surface area contributed by atoms with Gasteiger partial charge in [-0.25, -0.2) is 0 Å². The molecule has 0 fully saturated rings. The van der Waals surface area contributed by atoms with Crippen molar-refractivity contribution in [1.29, 1.82) is 0 Å². The second kappa shape index (κ2) is 6.30. The SMILES string of the molecule is O=P(O)(O)CC(c1ccccc1Cl)c1ccccc1Cl. The molecule has 0 saturated carbocycles. The monoisotopic (exact) mass is 330 g/mol. The summed E-state index contributed by atoms with van der Waals surface area (Å²) < 4.78 is 11.4. The Morgan fingerprint density at radius 3 is 1.65 bits per heavy atom. The third-order valence-electron chi connectivity index (χ3n) is 2.98. The van der Waals surface area contributed by atoms with Gasteiger partial charge < -0.3 is 9.79 Å². The minimum atomic E-state index is -4.21. The van der Waals surface area contributed by atoms with Crippen molar-refractivity contribution >= 4 is 30.8 Å². The molecular formula is C14H13Cl2O3P. The van der Waals surface area contributed by atoms with E-state index >= 15 is 0 Å². The molecule has 20 heavy (non-hydrogen) atoms. The third kappa shape index (κ3) is 3.85. The molecule has 0 aromatic heterocycles. The topological polar surface area (TPSA) is 57.5 Å². The Bertz CT molecular complexity index is 609. The molecule has 0 aliphatic carbocycles. The van der Waals surface area contributed by atoms with Gasteiger partial charge in [-0.1, -0.05) is 59.6 Å². The van der Waals surface area contributed by atoms with Gasteiger partial charge in [-0.2, -0.15) is 0 Å². The van der Waals surface area contributed by atoms with Crippen LogP contribution in [0.2, 0.25) is 10.0 Å². The molecule has 3 nitrogen and oxygen atoms in total. The predicted octanol–water partition coefficient (Wildman–Crippen LogP) is 4.30. The second-order valence-corrected chi connectivity index (χ2v) is 6.95. The van der Waals surface area contributed by atoms with Crippen LogP contribution in [-0.4, -0.2) is 15.9 Å². The van der Waals surface area contributed by atoms with Crippen molar-refractivity contribution in [2.45, 2.75) is 5.92 Å². The molecule has 2 N–H and O–H groups in total. The van der Waals surface area contributed by atoms with Crippen LogP contribution < -0.4 is 0 Å². The van der Waals surface area contributed by atoms with Crippen LogP contribution >= 0.6 is 30.8 Å². The predicted molar refractivity (Wildman–Crippen MR) is 81.7 cm³/mol. The van der Waals surface area contributed by atoms with Crippen molar-refractivity contribution in [2.75, 3.05) is 6.16 Å². The molecule has 2 rings (SSSR count). The van der Waals surface area contributed by atoms with Gasteiger partial charge in [0.2, 0.25) is 0 Å². The van der Waals surface area contributed by atoms with Gasteiger partial charge in [-0.15, -0.1) is 0 Å². The average molecular weight is 331 g/mol. The number of benzene rings is 2. The van der Waals surface area contributed by atoms with Crippen LogP contribution in [0.15, 0.2) is 48.5 Å². The quantitative estimate of drug-likeness (QED) is 0.821. The third-order valence-corrected chi connectivity index (χ3v) is 4.51. The molecule has 106 valence electrons. The van der Waals surface area contributed by atoms with Crippen LogP contribution in [0.5, 0.6) is 0 Å². The standard InChI is InChI=1S/C14H13Cl2O3P/c15-13-7-3-1-5-10(13)12(9-20(17,18)19)11-6-2-4-8-14(11)16/h1-8,12H,9H2,(H2,17,18,19). The Kier molecular flexibility index (Phi) is 4.90. The molecular weight excluding hydrogens is 318 g/mol. The summed E-state index contributed by atoms with van der Waals surface area (Å²) in [5.41, 5.74) is 1.32. The Hall–Kier alpha value is -0.830. The summed E-state index contributed by atoms with van der Waals surface area (Å²) in [4.78, 5) is 18.6. The molecule has 2 aromatic rings. The van der Waals surface area contributed by atoms with E-state index in [0.717, 1.165) is 0 Å². The van der Waals surface area contributed by atoms with Crippen molar-refractivity contribution < 1.29 is 14.4 Å². The molecule has 0 heterocycles. The zero-order valence-corrected chi connectivity index (χ0v) is 12.8. The van der Waals surface area contributed by atoms with Crippen molar-refractivity contribution in [1.82, 2.24) is 0 Å². The maximum atomic E-state index is 11.4. The lowest BCUT2D eigenvalue weighted by atomic mass is 9.93. The normalized spacial score (nSPS) is 11.8. The van der Waals surface area contributed by atoms with Gasteiger partial charge >= 0.3 is 7.60 Å². The summed E-state index contributed by atoms with van der Waals surface area (Å²) in [5, 5.41) is 0.928. The highest BCUT2D eigenvalue weighted by atomic mass is 35.5. The first-order chi connectivity index (χ1) is 9.38. The summed E-state index contributed by atoms with van der Waals surface area (Å²) in [6.45, 7) is 0. The average Bonchev–Trinajstić information content (AvgIpc) is 2.37. The lowest BCUT2D eigenvalue weighted by Crippen LogP contribution is -2.08. The molecule has 0 atom stereocenters.